The fraction of sp³-hybridized carbons (Fsp3) is 0.100. The second-order valence-electron chi connectivity index (χ2n) is 6.07. The molecule has 30 heavy (non-hydrogen) atoms. The fourth-order valence-electron chi connectivity index (χ4n) is 2.59. The molecule has 4 aromatic rings. The highest BCUT2D eigenvalue weighted by molar-refractivity contribution is 7.98. The lowest BCUT2D eigenvalue weighted by atomic mass is 10.3. The Kier molecular flexibility index (Phi) is 6.36. The van der Waals surface area contributed by atoms with Gasteiger partial charge in [0, 0.05) is 22.9 Å². The summed E-state index contributed by atoms with van der Waals surface area (Å²) in [6.07, 6.45) is 3.86. The van der Waals surface area contributed by atoms with E-state index in [4.69, 9.17) is 0 Å². The largest absolute Gasteiger partial charge is 0.274 e. The highest BCUT2D eigenvalue weighted by Crippen LogP contribution is 2.32. The van der Waals surface area contributed by atoms with Crippen molar-refractivity contribution in [1.29, 1.82) is 0 Å². The maximum atomic E-state index is 14.2. The van der Waals surface area contributed by atoms with Crippen molar-refractivity contribution in [2.24, 2.45) is 0 Å². The van der Waals surface area contributed by atoms with Crippen molar-refractivity contribution in [2.75, 3.05) is 4.90 Å². The van der Waals surface area contributed by atoms with Crippen molar-refractivity contribution in [2.45, 2.75) is 17.8 Å². The van der Waals surface area contributed by atoms with Crippen LogP contribution >= 0.6 is 34.4 Å². The lowest BCUT2D eigenvalue weighted by molar-refractivity contribution is -0.115. The Hall–Kier alpha value is -2.82. The molecule has 0 aliphatic heterocycles. The molecule has 1 N–H and O–H groups in total. The summed E-state index contributed by atoms with van der Waals surface area (Å²) in [5, 5.41) is 12.0. The van der Waals surface area contributed by atoms with Crippen LogP contribution in [0.5, 0.6) is 0 Å². The zero-order valence-corrected chi connectivity index (χ0v) is 18.2. The van der Waals surface area contributed by atoms with E-state index < -0.39 is 5.82 Å². The molecular weight excluding hydrogens is 441 g/mol. The number of carbonyl (C=O) groups excluding carboxylic acids is 1. The van der Waals surface area contributed by atoms with E-state index in [0.29, 0.717) is 21.9 Å². The number of halogens is 1. The quantitative estimate of drug-likeness (QED) is 0.365. The molecule has 0 saturated heterocycles. The van der Waals surface area contributed by atoms with Gasteiger partial charge in [-0.1, -0.05) is 30.0 Å². The van der Waals surface area contributed by atoms with Gasteiger partial charge in [-0.2, -0.15) is 0 Å². The normalized spacial score (nSPS) is 11.3. The van der Waals surface area contributed by atoms with Crippen LogP contribution in [-0.4, -0.2) is 26.1 Å². The fourth-order valence-corrected chi connectivity index (χ4v) is 4.89. The van der Waals surface area contributed by atoms with Crippen LogP contribution in [0.25, 0.3) is 12.2 Å². The number of benzene rings is 1. The van der Waals surface area contributed by atoms with Crippen LogP contribution in [0.15, 0.2) is 52.3 Å². The number of carbonyl (C=O) groups is 1. The standard InChI is InChI=1S/C20H16FN5OS3/c1-13(27)26(17-7-3-2-6-16(17)21)20-22-14(12-30-20)11-29-19-23-18(24-25-19)9-8-15-5-4-10-28-15/h2-10,12H,11H2,1H3,(H,23,24,25)/b9-8+. The highest BCUT2D eigenvalue weighted by Gasteiger charge is 2.21. The molecule has 0 aliphatic carbocycles. The minimum absolute atomic E-state index is 0.190. The Morgan fingerprint density at radius 3 is 2.83 bits per heavy atom. The van der Waals surface area contributed by atoms with Crippen LogP contribution in [0.3, 0.4) is 0 Å². The van der Waals surface area contributed by atoms with Gasteiger partial charge in [-0.25, -0.2) is 14.4 Å². The second kappa shape index (κ2) is 9.33. The molecule has 0 atom stereocenters. The molecule has 10 heteroatoms. The lowest BCUT2D eigenvalue weighted by Crippen LogP contribution is -2.23. The van der Waals surface area contributed by atoms with Crippen LogP contribution in [-0.2, 0) is 10.5 Å². The average molecular weight is 458 g/mol. The van der Waals surface area contributed by atoms with E-state index in [2.05, 4.69) is 20.2 Å². The minimum atomic E-state index is -0.470. The van der Waals surface area contributed by atoms with Crippen molar-refractivity contribution in [3.05, 3.63) is 69.4 Å². The van der Waals surface area contributed by atoms with Crippen LogP contribution in [0, 0.1) is 5.82 Å². The van der Waals surface area contributed by atoms with E-state index in [1.54, 1.807) is 29.5 Å². The predicted molar refractivity (Wildman–Crippen MR) is 121 cm³/mol. The minimum Gasteiger partial charge on any atom is -0.274 e. The number of hydrogen-bond acceptors (Lipinski definition) is 7. The van der Waals surface area contributed by atoms with Gasteiger partial charge >= 0.3 is 0 Å². The van der Waals surface area contributed by atoms with Gasteiger partial charge in [0.1, 0.15) is 11.6 Å². The molecule has 3 aromatic heterocycles. The van der Waals surface area contributed by atoms with E-state index in [-0.39, 0.29) is 11.6 Å². The predicted octanol–water partition coefficient (Wildman–Crippen LogP) is 5.61. The Morgan fingerprint density at radius 2 is 2.07 bits per heavy atom. The van der Waals surface area contributed by atoms with Gasteiger partial charge in [-0.3, -0.25) is 14.8 Å². The van der Waals surface area contributed by atoms with Crippen molar-refractivity contribution < 1.29 is 9.18 Å². The van der Waals surface area contributed by atoms with Gasteiger partial charge in [0.05, 0.1) is 11.4 Å². The molecule has 1 amide bonds. The van der Waals surface area contributed by atoms with E-state index in [0.717, 1.165) is 10.6 Å². The first kappa shape index (κ1) is 20.5. The molecule has 6 nitrogen and oxygen atoms in total. The number of para-hydroxylation sites is 1. The summed E-state index contributed by atoms with van der Waals surface area (Å²) in [5.41, 5.74) is 0.956. The van der Waals surface area contributed by atoms with Gasteiger partial charge in [0.15, 0.2) is 5.13 Å². The number of rotatable bonds is 7. The third-order valence-electron chi connectivity index (χ3n) is 3.92. The molecule has 1 aromatic carbocycles. The first-order valence-electron chi connectivity index (χ1n) is 8.86. The van der Waals surface area contributed by atoms with E-state index >= 15 is 0 Å². The van der Waals surface area contributed by atoms with Crippen LogP contribution in [0.2, 0.25) is 0 Å². The molecule has 0 spiro atoms. The molecule has 0 unspecified atom stereocenters. The van der Waals surface area contributed by atoms with Crippen LogP contribution in [0.4, 0.5) is 15.2 Å². The first-order chi connectivity index (χ1) is 14.6. The highest BCUT2D eigenvalue weighted by atomic mass is 32.2. The third-order valence-corrected chi connectivity index (χ3v) is 6.51. The number of amides is 1. The van der Waals surface area contributed by atoms with E-state index in [9.17, 15) is 9.18 Å². The smallest absolute Gasteiger partial charge is 0.230 e. The van der Waals surface area contributed by atoms with E-state index in [1.807, 2.05) is 35.0 Å². The maximum absolute atomic E-state index is 14.2. The van der Waals surface area contributed by atoms with Gasteiger partial charge in [-0.15, -0.1) is 27.8 Å². The molecule has 4 rings (SSSR count). The number of nitrogens with zero attached hydrogens (tertiary/aromatic N) is 4. The summed E-state index contributed by atoms with van der Waals surface area (Å²) in [7, 11) is 0. The first-order valence-corrected chi connectivity index (χ1v) is 11.6. The number of thioether (sulfide) groups is 1. The number of aromatic amines is 1. The van der Waals surface area contributed by atoms with Crippen molar-refractivity contribution in [1.82, 2.24) is 20.2 Å². The summed E-state index contributed by atoms with van der Waals surface area (Å²) < 4.78 is 14.2. The number of aromatic nitrogens is 4. The summed E-state index contributed by atoms with van der Waals surface area (Å²) in [6.45, 7) is 1.39. The topological polar surface area (TPSA) is 74.8 Å². The van der Waals surface area contributed by atoms with Crippen LogP contribution < -0.4 is 4.90 Å². The maximum Gasteiger partial charge on any atom is 0.230 e. The third kappa shape index (κ3) is 4.84. The number of H-pyrrole nitrogens is 1. The number of hydrogen-bond donors (Lipinski definition) is 1. The number of thiazole rings is 1. The molecule has 0 radical (unpaired) electrons. The summed E-state index contributed by atoms with van der Waals surface area (Å²) >= 11 is 4.37. The Morgan fingerprint density at radius 1 is 1.20 bits per heavy atom. The summed E-state index contributed by atoms with van der Waals surface area (Å²) in [6, 6.07) is 10.2. The molecular formula is C20H16FN5OS3. The van der Waals surface area contributed by atoms with Crippen molar-refractivity contribution >= 4 is 63.3 Å². The van der Waals surface area contributed by atoms with Gasteiger partial charge < -0.3 is 0 Å². The summed E-state index contributed by atoms with van der Waals surface area (Å²) in [5.74, 6) is 0.436. The zero-order chi connectivity index (χ0) is 20.9. The molecule has 152 valence electrons. The molecule has 0 saturated carbocycles. The summed E-state index contributed by atoms with van der Waals surface area (Å²) in [4.78, 5) is 23.5. The Labute approximate surface area is 184 Å². The molecule has 0 fully saturated rings. The molecule has 3 heterocycles. The Bertz CT molecular complexity index is 1170. The Balaban J connectivity index is 1.42. The van der Waals surface area contributed by atoms with E-state index in [1.165, 1.54) is 41.0 Å². The van der Waals surface area contributed by atoms with Crippen molar-refractivity contribution in [3.8, 4) is 0 Å². The van der Waals surface area contributed by atoms with Gasteiger partial charge in [0.25, 0.3) is 0 Å². The van der Waals surface area contributed by atoms with Gasteiger partial charge in [-0.05, 0) is 35.7 Å². The van der Waals surface area contributed by atoms with Crippen molar-refractivity contribution in [3.63, 3.8) is 0 Å². The molecule has 0 bridgehead atoms. The zero-order valence-electron chi connectivity index (χ0n) is 15.8. The number of thiophene rings is 1. The SMILES string of the molecule is CC(=O)N(c1nc(CSc2n[nH]c(/C=C/c3cccs3)n2)cs1)c1ccccc1F. The van der Waals surface area contributed by atoms with Gasteiger partial charge in [0.2, 0.25) is 11.1 Å². The van der Waals surface area contributed by atoms with Crippen LogP contribution in [0.1, 0.15) is 23.3 Å². The second-order valence-corrected chi connectivity index (χ2v) is 8.83. The molecule has 0 aliphatic rings. The number of nitrogens with one attached hydrogen (secondary N) is 1. The number of anilines is 2. The monoisotopic (exact) mass is 457 g/mol. The lowest BCUT2D eigenvalue weighted by Gasteiger charge is -2.18. The average Bonchev–Trinajstić information content (AvgIpc) is 3.49.